The summed E-state index contributed by atoms with van der Waals surface area (Å²) in [4.78, 5) is 87.3. The maximum atomic E-state index is 13.1. The molecule has 15 nitrogen and oxygen atoms in total. The average molecular weight is 645 g/mol. The van der Waals surface area contributed by atoms with Gasteiger partial charge in [-0.2, -0.15) is 0 Å². The van der Waals surface area contributed by atoms with Crippen molar-refractivity contribution in [2.24, 2.45) is 29.4 Å². The third-order valence-corrected chi connectivity index (χ3v) is 7.37. The molecule has 0 fully saturated rings. The Labute approximate surface area is 264 Å². The first-order chi connectivity index (χ1) is 20.9. The van der Waals surface area contributed by atoms with Crippen LogP contribution in [0.15, 0.2) is 0 Å². The van der Waals surface area contributed by atoms with Crippen LogP contribution in [0.3, 0.4) is 0 Å². The van der Waals surface area contributed by atoms with Crippen LogP contribution in [-0.4, -0.2) is 106 Å². The van der Waals surface area contributed by atoms with E-state index in [1.807, 2.05) is 13.8 Å². The number of ketones is 3. The Kier molecular flexibility index (Phi) is 19.9. The van der Waals surface area contributed by atoms with Gasteiger partial charge >= 0.3 is 11.9 Å². The van der Waals surface area contributed by atoms with E-state index in [0.29, 0.717) is 25.8 Å². The summed E-state index contributed by atoms with van der Waals surface area (Å²) in [6.45, 7) is 6.21. The number of aliphatic carboxylic acids is 2. The molecule has 0 aliphatic heterocycles. The molecular formula is C30H52N4O11. The highest BCUT2D eigenvalue weighted by molar-refractivity contribution is 5.97. The Bertz CT molecular complexity index is 1020. The second-order valence-electron chi connectivity index (χ2n) is 12.0. The van der Waals surface area contributed by atoms with Crippen molar-refractivity contribution in [3.8, 4) is 0 Å². The van der Waals surface area contributed by atoms with Crippen LogP contribution in [0.2, 0.25) is 0 Å². The number of hydrogen-bond donors (Lipinski definition) is 8. The van der Waals surface area contributed by atoms with Gasteiger partial charge in [0.05, 0.1) is 37.0 Å². The molecule has 0 aromatic carbocycles. The number of carboxylic acid groups (broad SMARTS) is 2. The highest BCUT2D eigenvalue weighted by atomic mass is 16.4. The Morgan fingerprint density at radius 2 is 1.36 bits per heavy atom. The first-order valence-electron chi connectivity index (χ1n) is 15.3. The smallest absolute Gasteiger partial charge is 0.306 e. The molecule has 0 aliphatic carbocycles. The Balaban J connectivity index is 5.56. The number of amides is 2. The third-order valence-electron chi connectivity index (χ3n) is 7.37. The lowest BCUT2D eigenvalue weighted by atomic mass is 9.91. The van der Waals surface area contributed by atoms with Crippen LogP contribution < -0.4 is 21.7 Å². The second kappa shape index (κ2) is 21.5. The first kappa shape index (κ1) is 41.7. The van der Waals surface area contributed by atoms with Crippen molar-refractivity contribution in [3.05, 3.63) is 0 Å². The molecule has 0 saturated carbocycles. The number of Topliss-reactive ketones (excluding diaryl/α,β-unsaturated/α-hetero) is 3. The van der Waals surface area contributed by atoms with Crippen molar-refractivity contribution in [3.63, 3.8) is 0 Å². The lowest BCUT2D eigenvalue weighted by molar-refractivity contribution is -0.145. The Hall–Kier alpha value is -3.27. The van der Waals surface area contributed by atoms with E-state index in [1.54, 1.807) is 7.05 Å². The van der Waals surface area contributed by atoms with Crippen molar-refractivity contribution in [2.75, 3.05) is 20.2 Å². The van der Waals surface area contributed by atoms with Gasteiger partial charge in [0.15, 0.2) is 11.6 Å². The van der Waals surface area contributed by atoms with Crippen LogP contribution in [0, 0.1) is 23.7 Å². The molecule has 0 bridgehead atoms. The monoisotopic (exact) mass is 644 g/mol. The molecule has 0 heterocycles. The van der Waals surface area contributed by atoms with Gasteiger partial charge in [-0.25, -0.2) is 0 Å². The topological polar surface area (TPSA) is 263 Å². The van der Waals surface area contributed by atoms with E-state index in [1.165, 1.54) is 13.8 Å². The summed E-state index contributed by atoms with van der Waals surface area (Å²) in [5, 5.41) is 46.3. The number of unbranched alkanes of at least 4 members (excludes halogenated alkanes) is 1. The highest BCUT2D eigenvalue weighted by Gasteiger charge is 2.35. The normalized spacial score (nSPS) is 16.0. The summed E-state index contributed by atoms with van der Waals surface area (Å²) in [5.74, 6) is -9.83. The zero-order chi connectivity index (χ0) is 34.9. The second-order valence-corrected chi connectivity index (χ2v) is 12.0. The molecule has 15 heteroatoms. The minimum absolute atomic E-state index is 0.159. The van der Waals surface area contributed by atoms with E-state index in [-0.39, 0.29) is 24.5 Å². The van der Waals surface area contributed by atoms with Crippen molar-refractivity contribution >= 4 is 41.1 Å². The summed E-state index contributed by atoms with van der Waals surface area (Å²) >= 11 is 0. The zero-order valence-electron chi connectivity index (χ0n) is 26.9. The molecule has 7 atom stereocenters. The average Bonchev–Trinajstić information content (AvgIpc) is 2.94. The predicted molar refractivity (Wildman–Crippen MR) is 163 cm³/mol. The summed E-state index contributed by atoms with van der Waals surface area (Å²) in [7, 11) is 1.75. The van der Waals surface area contributed by atoms with Gasteiger partial charge < -0.3 is 42.1 Å². The van der Waals surface area contributed by atoms with Gasteiger partial charge in [0.25, 0.3) is 0 Å². The quantitative estimate of drug-likeness (QED) is 0.0578. The van der Waals surface area contributed by atoms with Gasteiger partial charge in [0.2, 0.25) is 11.8 Å². The van der Waals surface area contributed by atoms with E-state index in [9.17, 15) is 54.0 Å². The molecule has 45 heavy (non-hydrogen) atoms. The standard InChI is InChI=1S/C30H52N4O11/c1-16(2)10-21(31)23(37)11-17(3)28(42)34-27(18(4)36)25(39)13-20(14-26(40)41)29(43)33-22(15-35)24(38)12-19(30(44)45)8-6-7-9-32-5/h16-22,27,32,35-36H,6-15,31H2,1-5H3,(H,33,43)(H,34,42)(H,40,41)(H,44,45)/t17-,18?,19-,20+,21+,22+,27-/m1/s1. The number of carbonyl (C=O) groups excluding carboxylic acids is 5. The number of hydrogen-bond acceptors (Lipinski definition) is 11. The van der Waals surface area contributed by atoms with Gasteiger partial charge in [0.1, 0.15) is 17.9 Å². The lowest BCUT2D eigenvalue weighted by Gasteiger charge is -2.25. The van der Waals surface area contributed by atoms with E-state index in [2.05, 4.69) is 16.0 Å². The van der Waals surface area contributed by atoms with E-state index < -0.39 is 103 Å². The minimum Gasteiger partial charge on any atom is -0.481 e. The maximum absolute atomic E-state index is 13.1. The number of nitrogens with two attached hydrogens (primary N) is 1. The fourth-order valence-corrected chi connectivity index (χ4v) is 4.70. The number of carbonyl (C=O) groups is 7. The van der Waals surface area contributed by atoms with Gasteiger partial charge in [-0.3, -0.25) is 33.6 Å². The molecule has 0 rings (SSSR count). The summed E-state index contributed by atoms with van der Waals surface area (Å²) < 4.78 is 0. The van der Waals surface area contributed by atoms with Gasteiger partial charge in [-0.15, -0.1) is 0 Å². The fraction of sp³-hybridized carbons (Fsp3) is 0.767. The van der Waals surface area contributed by atoms with Gasteiger partial charge in [0, 0.05) is 25.2 Å². The van der Waals surface area contributed by atoms with Crippen LogP contribution in [0.5, 0.6) is 0 Å². The number of carboxylic acids is 2. The zero-order valence-corrected chi connectivity index (χ0v) is 26.9. The summed E-state index contributed by atoms with van der Waals surface area (Å²) in [6, 6.07) is -3.86. The number of nitrogens with one attached hydrogen (secondary N) is 3. The maximum Gasteiger partial charge on any atom is 0.306 e. The van der Waals surface area contributed by atoms with Crippen molar-refractivity contribution in [1.29, 1.82) is 0 Å². The number of rotatable bonds is 25. The van der Waals surface area contributed by atoms with Gasteiger partial charge in [-0.1, -0.05) is 27.2 Å². The molecule has 0 aromatic heterocycles. The SMILES string of the molecule is CNCCCC[C@H](CC(=O)[C@H](CO)NC(=O)[C@H](CC(=O)O)CC(=O)[C@H](NC(=O)[C@H](C)CC(=O)[C@@H](N)CC(C)C)C(C)O)C(=O)O. The molecule has 2 amide bonds. The van der Waals surface area contributed by atoms with Crippen molar-refractivity contribution in [1.82, 2.24) is 16.0 Å². The predicted octanol–water partition coefficient (Wildman–Crippen LogP) is -0.602. The molecule has 1 unspecified atom stereocenters. The van der Waals surface area contributed by atoms with Crippen LogP contribution >= 0.6 is 0 Å². The molecule has 258 valence electrons. The molecule has 0 aliphatic rings. The largest absolute Gasteiger partial charge is 0.481 e. The number of aliphatic hydroxyl groups excluding tert-OH is 2. The van der Waals surface area contributed by atoms with Gasteiger partial charge in [-0.05, 0) is 45.7 Å². The molecule has 0 saturated heterocycles. The summed E-state index contributed by atoms with van der Waals surface area (Å²) in [6.07, 6.45) is -1.94. The van der Waals surface area contributed by atoms with E-state index in [4.69, 9.17) is 5.73 Å². The molecule has 0 spiro atoms. The third kappa shape index (κ3) is 16.6. The molecule has 9 N–H and O–H groups in total. The fourth-order valence-electron chi connectivity index (χ4n) is 4.70. The Morgan fingerprint density at radius 3 is 1.84 bits per heavy atom. The molecule has 0 aromatic rings. The Morgan fingerprint density at radius 1 is 0.756 bits per heavy atom. The number of aliphatic hydroxyl groups is 2. The highest BCUT2D eigenvalue weighted by Crippen LogP contribution is 2.18. The first-order valence-corrected chi connectivity index (χ1v) is 15.3. The van der Waals surface area contributed by atoms with E-state index in [0.717, 1.165) is 0 Å². The van der Waals surface area contributed by atoms with Crippen LogP contribution in [0.25, 0.3) is 0 Å². The van der Waals surface area contributed by atoms with E-state index >= 15 is 0 Å². The van der Waals surface area contributed by atoms with Crippen molar-refractivity contribution in [2.45, 2.75) is 103 Å². The van der Waals surface area contributed by atoms with Crippen LogP contribution in [-0.2, 0) is 33.6 Å². The van der Waals surface area contributed by atoms with Crippen molar-refractivity contribution < 1.29 is 54.0 Å². The minimum atomic E-state index is -1.56. The molecular weight excluding hydrogens is 592 g/mol. The summed E-state index contributed by atoms with van der Waals surface area (Å²) in [5.41, 5.74) is 5.89. The molecule has 0 radical (unpaired) electrons. The van der Waals surface area contributed by atoms with Crippen LogP contribution in [0.1, 0.15) is 79.1 Å². The van der Waals surface area contributed by atoms with Crippen LogP contribution in [0.4, 0.5) is 0 Å². The lowest BCUT2D eigenvalue weighted by Crippen LogP contribution is -2.51.